The van der Waals surface area contributed by atoms with Crippen LogP contribution in [0.2, 0.25) is 0 Å². The number of unbranched alkanes of at least 4 members (excludes halogenated alkanes) is 5. The molecule has 0 aliphatic carbocycles. The Balaban J connectivity index is 2.14. The molecule has 106 valence electrons. The molecule has 19 heavy (non-hydrogen) atoms. The maximum absolute atomic E-state index is 12.0. The Bertz CT molecular complexity index is 348. The number of carbonyl (C=O) groups excluding carboxylic acids is 1. The minimum atomic E-state index is -0.0544. The van der Waals surface area contributed by atoms with E-state index >= 15 is 0 Å². The molecule has 1 unspecified atom stereocenters. The van der Waals surface area contributed by atoms with Crippen LogP contribution in [-0.2, 0) is 4.79 Å². The summed E-state index contributed by atoms with van der Waals surface area (Å²) < 4.78 is 0. The third-order valence-electron chi connectivity index (χ3n) is 3.52. The highest BCUT2D eigenvalue weighted by Crippen LogP contribution is 2.14. The van der Waals surface area contributed by atoms with Gasteiger partial charge in [0, 0.05) is 6.54 Å². The average molecular weight is 261 g/mol. The van der Waals surface area contributed by atoms with Gasteiger partial charge in [-0.3, -0.25) is 4.79 Å². The van der Waals surface area contributed by atoms with Gasteiger partial charge >= 0.3 is 0 Å². The molecule has 2 heteroatoms. The van der Waals surface area contributed by atoms with Crippen molar-refractivity contribution in [2.75, 3.05) is 6.54 Å². The van der Waals surface area contributed by atoms with Crippen LogP contribution >= 0.6 is 0 Å². The van der Waals surface area contributed by atoms with Gasteiger partial charge in [-0.05, 0) is 18.9 Å². The average Bonchev–Trinajstić information content (AvgIpc) is 2.46. The molecule has 2 nitrogen and oxygen atoms in total. The summed E-state index contributed by atoms with van der Waals surface area (Å²) >= 11 is 0. The number of amides is 1. The molecule has 0 aliphatic heterocycles. The number of benzene rings is 1. The van der Waals surface area contributed by atoms with Gasteiger partial charge in [0.15, 0.2) is 0 Å². The van der Waals surface area contributed by atoms with E-state index in [0.29, 0.717) is 0 Å². The molecular formula is C17H27NO. The van der Waals surface area contributed by atoms with Crippen molar-refractivity contribution >= 4 is 5.91 Å². The standard InChI is InChI=1S/C17H27NO/c1-3-4-5-6-7-11-14-18-17(19)15(2)16-12-9-8-10-13-16/h8-10,12-13,15H,3-7,11,14H2,1-2H3,(H,18,19). The summed E-state index contributed by atoms with van der Waals surface area (Å²) in [5.74, 6) is 0.0843. The molecule has 0 aromatic heterocycles. The molecule has 0 aliphatic rings. The van der Waals surface area contributed by atoms with Crippen LogP contribution in [0.3, 0.4) is 0 Å². The van der Waals surface area contributed by atoms with Gasteiger partial charge in [-0.25, -0.2) is 0 Å². The number of nitrogens with one attached hydrogen (secondary N) is 1. The quantitative estimate of drug-likeness (QED) is 0.661. The lowest BCUT2D eigenvalue weighted by molar-refractivity contribution is -0.122. The lowest BCUT2D eigenvalue weighted by atomic mass is 10.0. The highest BCUT2D eigenvalue weighted by molar-refractivity contribution is 5.83. The first-order valence-corrected chi connectivity index (χ1v) is 7.58. The third kappa shape index (κ3) is 6.42. The van der Waals surface area contributed by atoms with Crippen molar-refractivity contribution in [1.82, 2.24) is 5.32 Å². The van der Waals surface area contributed by atoms with Crippen LogP contribution in [0.4, 0.5) is 0 Å². The molecule has 0 spiro atoms. The monoisotopic (exact) mass is 261 g/mol. The second-order valence-electron chi connectivity index (χ2n) is 5.19. The summed E-state index contributed by atoms with van der Waals surface area (Å²) in [4.78, 5) is 12.0. The zero-order valence-corrected chi connectivity index (χ0v) is 12.3. The molecule has 0 radical (unpaired) electrons. The molecule has 1 N–H and O–H groups in total. The molecule has 0 saturated heterocycles. The SMILES string of the molecule is CCCCCCCCNC(=O)C(C)c1ccccc1. The van der Waals surface area contributed by atoms with Crippen molar-refractivity contribution in [2.45, 2.75) is 58.3 Å². The molecule has 0 bridgehead atoms. The van der Waals surface area contributed by atoms with Crippen molar-refractivity contribution in [3.63, 3.8) is 0 Å². The van der Waals surface area contributed by atoms with E-state index in [1.807, 2.05) is 37.3 Å². The van der Waals surface area contributed by atoms with E-state index in [9.17, 15) is 4.79 Å². The second-order valence-corrected chi connectivity index (χ2v) is 5.19. The van der Waals surface area contributed by atoms with Crippen LogP contribution < -0.4 is 5.32 Å². The van der Waals surface area contributed by atoms with Crippen LogP contribution in [0.25, 0.3) is 0 Å². The molecule has 1 aromatic carbocycles. The first-order valence-electron chi connectivity index (χ1n) is 7.58. The van der Waals surface area contributed by atoms with E-state index in [4.69, 9.17) is 0 Å². The van der Waals surface area contributed by atoms with Crippen LogP contribution in [0, 0.1) is 0 Å². The zero-order valence-electron chi connectivity index (χ0n) is 12.3. The molecule has 0 heterocycles. The molecular weight excluding hydrogens is 234 g/mol. The molecule has 1 aromatic rings. The van der Waals surface area contributed by atoms with Crippen LogP contribution in [0.1, 0.15) is 63.9 Å². The molecule has 1 amide bonds. The number of carbonyl (C=O) groups is 1. The van der Waals surface area contributed by atoms with Crippen LogP contribution in [0.15, 0.2) is 30.3 Å². The number of rotatable bonds is 9. The van der Waals surface area contributed by atoms with Gasteiger partial charge in [0.05, 0.1) is 5.92 Å². The lowest BCUT2D eigenvalue weighted by Crippen LogP contribution is -2.28. The van der Waals surface area contributed by atoms with E-state index in [2.05, 4.69) is 12.2 Å². The van der Waals surface area contributed by atoms with Crippen molar-refractivity contribution in [3.05, 3.63) is 35.9 Å². The summed E-state index contributed by atoms with van der Waals surface area (Å²) in [6.07, 6.45) is 7.54. The highest BCUT2D eigenvalue weighted by atomic mass is 16.1. The Hall–Kier alpha value is -1.31. The lowest BCUT2D eigenvalue weighted by Gasteiger charge is -2.12. The van der Waals surface area contributed by atoms with E-state index in [1.54, 1.807) is 0 Å². The summed E-state index contributed by atoms with van der Waals surface area (Å²) in [5.41, 5.74) is 1.09. The van der Waals surface area contributed by atoms with Gasteiger partial charge in [0.1, 0.15) is 0 Å². The van der Waals surface area contributed by atoms with Gasteiger partial charge in [0.2, 0.25) is 5.91 Å². The fourth-order valence-corrected chi connectivity index (χ4v) is 2.16. The third-order valence-corrected chi connectivity index (χ3v) is 3.52. The molecule has 1 rings (SSSR count). The Morgan fingerprint density at radius 1 is 1.05 bits per heavy atom. The van der Waals surface area contributed by atoms with E-state index in [-0.39, 0.29) is 11.8 Å². The number of hydrogen-bond donors (Lipinski definition) is 1. The summed E-state index contributed by atoms with van der Waals surface area (Å²) in [6.45, 7) is 5.00. The molecule has 0 fully saturated rings. The van der Waals surface area contributed by atoms with E-state index in [0.717, 1.165) is 18.5 Å². The van der Waals surface area contributed by atoms with Gasteiger partial charge in [-0.15, -0.1) is 0 Å². The maximum Gasteiger partial charge on any atom is 0.227 e. The van der Waals surface area contributed by atoms with Crippen molar-refractivity contribution in [1.29, 1.82) is 0 Å². The highest BCUT2D eigenvalue weighted by Gasteiger charge is 2.13. The van der Waals surface area contributed by atoms with E-state index in [1.165, 1.54) is 32.1 Å². The second kappa shape index (κ2) is 9.60. The van der Waals surface area contributed by atoms with Gasteiger partial charge in [-0.2, -0.15) is 0 Å². The Morgan fingerprint density at radius 2 is 1.68 bits per heavy atom. The van der Waals surface area contributed by atoms with Gasteiger partial charge in [0.25, 0.3) is 0 Å². The smallest absolute Gasteiger partial charge is 0.227 e. The van der Waals surface area contributed by atoms with Gasteiger partial charge < -0.3 is 5.32 Å². The fourth-order valence-electron chi connectivity index (χ4n) is 2.16. The minimum Gasteiger partial charge on any atom is -0.356 e. The summed E-state index contributed by atoms with van der Waals surface area (Å²) in [5, 5.41) is 3.03. The fraction of sp³-hybridized carbons (Fsp3) is 0.588. The molecule has 1 atom stereocenters. The molecule has 0 saturated carbocycles. The van der Waals surface area contributed by atoms with Gasteiger partial charge in [-0.1, -0.05) is 69.4 Å². The van der Waals surface area contributed by atoms with Crippen molar-refractivity contribution < 1.29 is 4.79 Å². The van der Waals surface area contributed by atoms with Crippen LogP contribution in [-0.4, -0.2) is 12.5 Å². The summed E-state index contributed by atoms with van der Waals surface area (Å²) in [6, 6.07) is 9.95. The predicted molar refractivity (Wildman–Crippen MR) is 81.2 cm³/mol. The summed E-state index contributed by atoms with van der Waals surface area (Å²) in [7, 11) is 0. The largest absolute Gasteiger partial charge is 0.356 e. The zero-order chi connectivity index (χ0) is 13.9. The normalized spacial score (nSPS) is 12.1. The maximum atomic E-state index is 12.0. The Kier molecular flexibility index (Phi) is 7.95. The van der Waals surface area contributed by atoms with E-state index < -0.39 is 0 Å². The van der Waals surface area contributed by atoms with Crippen molar-refractivity contribution in [3.8, 4) is 0 Å². The minimum absolute atomic E-state index is 0.0544. The Morgan fingerprint density at radius 3 is 2.37 bits per heavy atom. The first-order chi connectivity index (χ1) is 9.25. The van der Waals surface area contributed by atoms with Crippen molar-refractivity contribution in [2.24, 2.45) is 0 Å². The number of hydrogen-bond acceptors (Lipinski definition) is 1. The topological polar surface area (TPSA) is 29.1 Å². The predicted octanol–water partition coefficient (Wildman–Crippen LogP) is 4.27. The Labute approximate surface area is 117 Å². The first kappa shape index (κ1) is 15.7. The van der Waals surface area contributed by atoms with Crippen LogP contribution in [0.5, 0.6) is 0 Å².